The number of hydrogen-bond donors (Lipinski definition) is 2. The van der Waals surface area contributed by atoms with Crippen LogP contribution in [0.1, 0.15) is 10.5 Å². The highest BCUT2D eigenvalue weighted by atomic mass is 16.6. The van der Waals surface area contributed by atoms with E-state index < -0.39 is 23.3 Å². The second-order valence-electron chi connectivity index (χ2n) is 3.27. The zero-order valence-electron chi connectivity index (χ0n) is 9.12. The fourth-order valence-electron chi connectivity index (χ4n) is 1.26. The van der Waals surface area contributed by atoms with Gasteiger partial charge in [0.05, 0.1) is 6.54 Å². The zero-order chi connectivity index (χ0) is 13.7. The van der Waals surface area contributed by atoms with E-state index in [0.29, 0.717) is 0 Å². The number of nitrogens with one attached hydrogen (secondary N) is 1. The topological polar surface area (TPSA) is 117 Å². The molecule has 0 unspecified atom stereocenters. The van der Waals surface area contributed by atoms with Crippen LogP contribution in [0.2, 0.25) is 0 Å². The van der Waals surface area contributed by atoms with Crippen LogP contribution in [0.25, 0.3) is 0 Å². The SMILES string of the molecule is C#CCN(CC(=O)O)C(=O)c1ccc([N+](=O)[O-])[nH]1. The first-order valence-electron chi connectivity index (χ1n) is 4.73. The van der Waals surface area contributed by atoms with Crippen molar-refractivity contribution in [3.63, 3.8) is 0 Å². The van der Waals surface area contributed by atoms with Gasteiger partial charge in [0.25, 0.3) is 5.91 Å². The van der Waals surface area contributed by atoms with E-state index in [9.17, 15) is 19.7 Å². The van der Waals surface area contributed by atoms with Crippen molar-refractivity contribution in [3.8, 4) is 12.3 Å². The molecule has 8 heteroatoms. The summed E-state index contributed by atoms with van der Waals surface area (Å²) >= 11 is 0. The minimum atomic E-state index is -1.22. The lowest BCUT2D eigenvalue weighted by Gasteiger charge is -2.15. The summed E-state index contributed by atoms with van der Waals surface area (Å²) in [6.07, 6.45) is 5.02. The van der Waals surface area contributed by atoms with Gasteiger partial charge in [0.15, 0.2) is 5.69 Å². The Labute approximate surface area is 101 Å². The highest BCUT2D eigenvalue weighted by Gasteiger charge is 2.22. The van der Waals surface area contributed by atoms with Crippen LogP contribution < -0.4 is 0 Å². The summed E-state index contributed by atoms with van der Waals surface area (Å²) in [6.45, 7) is -0.770. The Bertz CT molecular complexity index is 528. The van der Waals surface area contributed by atoms with Gasteiger partial charge in [-0.3, -0.25) is 9.59 Å². The van der Waals surface area contributed by atoms with E-state index >= 15 is 0 Å². The van der Waals surface area contributed by atoms with E-state index in [1.807, 2.05) is 0 Å². The second kappa shape index (κ2) is 5.49. The molecule has 0 bridgehead atoms. The number of carbonyl (C=O) groups excluding carboxylic acids is 1. The molecule has 2 N–H and O–H groups in total. The number of carboxylic acids is 1. The molecule has 1 amide bonds. The number of carbonyl (C=O) groups is 2. The molecule has 0 atom stereocenters. The molecule has 0 spiro atoms. The van der Waals surface area contributed by atoms with Crippen molar-refractivity contribution in [2.24, 2.45) is 0 Å². The van der Waals surface area contributed by atoms with Crippen molar-refractivity contribution in [3.05, 3.63) is 27.9 Å². The highest BCUT2D eigenvalue weighted by Crippen LogP contribution is 2.11. The van der Waals surface area contributed by atoms with Crippen molar-refractivity contribution in [2.45, 2.75) is 0 Å². The van der Waals surface area contributed by atoms with Gasteiger partial charge in [-0.1, -0.05) is 5.92 Å². The molecule has 0 saturated carbocycles. The standard InChI is InChI=1S/C10H9N3O5/c1-2-5-12(6-9(14)15)10(16)7-3-4-8(11-7)13(17)18/h1,3-4,11H,5-6H2,(H,14,15). The van der Waals surface area contributed by atoms with E-state index in [1.54, 1.807) is 0 Å². The summed E-state index contributed by atoms with van der Waals surface area (Å²) < 4.78 is 0. The number of H-pyrrole nitrogens is 1. The number of rotatable bonds is 5. The number of nitro groups is 1. The number of aromatic nitrogens is 1. The molecular formula is C10H9N3O5. The summed E-state index contributed by atoms with van der Waals surface area (Å²) in [5.41, 5.74) is -0.0850. The van der Waals surface area contributed by atoms with Gasteiger partial charge in [-0.15, -0.1) is 6.42 Å². The molecule has 0 saturated heterocycles. The van der Waals surface area contributed by atoms with Crippen molar-refractivity contribution >= 4 is 17.7 Å². The third-order valence-corrected chi connectivity index (χ3v) is 1.99. The molecule has 0 aliphatic carbocycles. The molecule has 1 rings (SSSR count). The maximum Gasteiger partial charge on any atom is 0.323 e. The van der Waals surface area contributed by atoms with E-state index in [-0.39, 0.29) is 18.1 Å². The lowest BCUT2D eigenvalue weighted by Crippen LogP contribution is -2.36. The minimum Gasteiger partial charge on any atom is -0.480 e. The van der Waals surface area contributed by atoms with Crippen molar-refractivity contribution in [1.29, 1.82) is 0 Å². The Hall–Kier alpha value is -2.82. The molecule has 8 nitrogen and oxygen atoms in total. The van der Waals surface area contributed by atoms with Gasteiger partial charge in [0, 0.05) is 6.07 Å². The Balaban J connectivity index is 2.91. The van der Waals surface area contributed by atoms with Gasteiger partial charge in [-0.25, -0.2) is 4.98 Å². The van der Waals surface area contributed by atoms with Crippen LogP contribution >= 0.6 is 0 Å². The van der Waals surface area contributed by atoms with Crippen LogP contribution in [-0.4, -0.2) is 44.9 Å². The van der Waals surface area contributed by atoms with Gasteiger partial charge in [0.2, 0.25) is 0 Å². The Morgan fingerprint density at radius 1 is 1.56 bits per heavy atom. The predicted octanol–water partition coefficient (Wildman–Crippen LogP) is 0.0829. The summed E-state index contributed by atoms with van der Waals surface area (Å²) in [5.74, 6) is -0.133. The zero-order valence-corrected chi connectivity index (χ0v) is 9.12. The second-order valence-corrected chi connectivity index (χ2v) is 3.27. The average Bonchev–Trinajstić information content (AvgIpc) is 2.76. The third-order valence-electron chi connectivity index (χ3n) is 1.99. The molecule has 0 aromatic carbocycles. The van der Waals surface area contributed by atoms with E-state index in [4.69, 9.17) is 11.5 Å². The van der Waals surface area contributed by atoms with Crippen molar-refractivity contribution in [2.75, 3.05) is 13.1 Å². The van der Waals surface area contributed by atoms with Gasteiger partial charge in [-0.2, -0.15) is 0 Å². The summed E-state index contributed by atoms with van der Waals surface area (Å²) in [5, 5.41) is 19.1. The summed E-state index contributed by atoms with van der Waals surface area (Å²) in [7, 11) is 0. The van der Waals surface area contributed by atoms with E-state index in [0.717, 1.165) is 11.0 Å². The number of hydrogen-bond acceptors (Lipinski definition) is 4. The van der Waals surface area contributed by atoms with Gasteiger partial charge < -0.3 is 20.1 Å². The lowest BCUT2D eigenvalue weighted by molar-refractivity contribution is -0.389. The monoisotopic (exact) mass is 251 g/mol. The molecular weight excluding hydrogens is 242 g/mol. The van der Waals surface area contributed by atoms with E-state index in [1.165, 1.54) is 6.07 Å². The summed E-state index contributed by atoms with van der Waals surface area (Å²) in [4.78, 5) is 35.3. The van der Waals surface area contributed by atoms with Crippen molar-refractivity contribution in [1.82, 2.24) is 9.88 Å². The number of aliphatic carboxylic acids is 1. The summed E-state index contributed by atoms with van der Waals surface area (Å²) in [6, 6.07) is 2.31. The number of nitrogens with zero attached hydrogens (tertiary/aromatic N) is 2. The molecule has 1 heterocycles. The first-order valence-corrected chi connectivity index (χ1v) is 4.73. The minimum absolute atomic E-state index is 0.0850. The van der Waals surface area contributed by atoms with Crippen molar-refractivity contribution < 1.29 is 19.6 Å². The van der Waals surface area contributed by atoms with Crippen LogP contribution in [0.4, 0.5) is 5.82 Å². The fraction of sp³-hybridized carbons (Fsp3) is 0.200. The quantitative estimate of drug-likeness (QED) is 0.436. The molecule has 18 heavy (non-hydrogen) atoms. The van der Waals surface area contributed by atoms with Gasteiger partial charge in [-0.05, 0) is 11.0 Å². The lowest BCUT2D eigenvalue weighted by atomic mass is 10.3. The number of amides is 1. The molecule has 1 aromatic heterocycles. The normalized spacial score (nSPS) is 9.50. The molecule has 0 aliphatic heterocycles. The maximum absolute atomic E-state index is 11.8. The smallest absolute Gasteiger partial charge is 0.323 e. The first-order chi connectivity index (χ1) is 8.45. The molecule has 94 valence electrons. The highest BCUT2D eigenvalue weighted by molar-refractivity contribution is 5.94. The molecule has 0 aliphatic rings. The maximum atomic E-state index is 11.8. The van der Waals surface area contributed by atoms with Crippen LogP contribution in [0.15, 0.2) is 12.1 Å². The van der Waals surface area contributed by atoms with Crippen LogP contribution in [-0.2, 0) is 4.79 Å². The van der Waals surface area contributed by atoms with Crippen LogP contribution in [0.5, 0.6) is 0 Å². The fourth-order valence-corrected chi connectivity index (χ4v) is 1.26. The largest absolute Gasteiger partial charge is 0.480 e. The Morgan fingerprint density at radius 3 is 2.67 bits per heavy atom. The molecule has 0 fully saturated rings. The predicted molar refractivity (Wildman–Crippen MR) is 59.8 cm³/mol. The van der Waals surface area contributed by atoms with E-state index in [2.05, 4.69) is 10.9 Å². The number of terminal acetylenes is 1. The molecule has 0 radical (unpaired) electrons. The third kappa shape index (κ3) is 3.08. The van der Waals surface area contributed by atoms with Gasteiger partial charge in [0.1, 0.15) is 6.54 Å². The van der Waals surface area contributed by atoms with Crippen LogP contribution in [0, 0.1) is 22.5 Å². The average molecular weight is 251 g/mol. The van der Waals surface area contributed by atoms with Gasteiger partial charge >= 0.3 is 11.8 Å². The molecule has 1 aromatic rings. The Morgan fingerprint density at radius 2 is 2.22 bits per heavy atom. The Kier molecular flexibility index (Phi) is 4.04. The number of carboxylic acid groups (broad SMARTS) is 1. The first kappa shape index (κ1) is 13.2. The van der Waals surface area contributed by atoms with Crippen LogP contribution in [0.3, 0.4) is 0 Å². The number of aromatic amines is 1.